The number of sulfone groups is 1. The summed E-state index contributed by atoms with van der Waals surface area (Å²) in [7, 11) is -3.22. The van der Waals surface area contributed by atoms with Crippen LogP contribution in [0.2, 0.25) is 0 Å². The van der Waals surface area contributed by atoms with E-state index in [-0.39, 0.29) is 49.2 Å². The molecule has 0 radical (unpaired) electrons. The van der Waals surface area contributed by atoms with Gasteiger partial charge in [-0.1, -0.05) is 13.8 Å². The summed E-state index contributed by atoms with van der Waals surface area (Å²) in [6.45, 7) is 6.30. The van der Waals surface area contributed by atoms with Gasteiger partial charge in [-0.25, -0.2) is 18.4 Å². The average Bonchev–Trinajstić information content (AvgIpc) is 2.73. The average molecular weight is 353 g/mol. The van der Waals surface area contributed by atoms with Crippen LogP contribution in [-0.4, -0.2) is 59.4 Å². The van der Waals surface area contributed by atoms with Crippen LogP contribution in [0.15, 0.2) is 12.3 Å². The van der Waals surface area contributed by atoms with E-state index in [9.17, 15) is 13.2 Å². The molecule has 3 heterocycles. The van der Waals surface area contributed by atoms with Gasteiger partial charge in [-0.2, -0.15) is 0 Å². The quantitative estimate of drug-likeness (QED) is 0.797. The molecule has 1 amide bonds. The molecule has 1 aromatic heterocycles. The summed E-state index contributed by atoms with van der Waals surface area (Å²) in [5.74, 6) is -0.103. The molecule has 24 heavy (non-hydrogen) atoms. The molecule has 0 N–H and O–H groups in total. The molecule has 7 nitrogen and oxygen atoms in total. The maximum atomic E-state index is 12.6. The number of hydrogen-bond donors (Lipinski definition) is 0. The van der Waals surface area contributed by atoms with E-state index >= 15 is 0 Å². The van der Waals surface area contributed by atoms with Gasteiger partial charge >= 0.3 is 6.01 Å². The summed E-state index contributed by atoms with van der Waals surface area (Å²) in [6, 6.07) is 2.04. The first-order valence-corrected chi connectivity index (χ1v) is 9.84. The third kappa shape index (κ3) is 2.76. The summed E-state index contributed by atoms with van der Waals surface area (Å²) < 4.78 is 29.9. The molecule has 0 bridgehead atoms. The zero-order chi connectivity index (χ0) is 17.5. The highest BCUT2D eigenvalue weighted by atomic mass is 32.2. The molecule has 0 unspecified atom stereocenters. The van der Waals surface area contributed by atoms with Crippen molar-refractivity contribution in [3.8, 4) is 6.01 Å². The Morgan fingerprint density at radius 3 is 2.79 bits per heavy atom. The standard InChI is InChI=1S/C16H23N3O4S/c1-11(2)14(20)19-9-16(10-19)13(5-7-24(16,21)22)8-23-15-17-6-4-12(3)18-15/h4,6,11,13H,5,7-10H2,1-3H3/t13-/m1/s1. The first-order chi connectivity index (χ1) is 11.2. The Balaban J connectivity index is 1.71. The van der Waals surface area contributed by atoms with E-state index < -0.39 is 14.6 Å². The van der Waals surface area contributed by atoms with Crippen LogP contribution in [0.4, 0.5) is 0 Å². The smallest absolute Gasteiger partial charge is 0.316 e. The zero-order valence-corrected chi connectivity index (χ0v) is 15.0. The molecule has 132 valence electrons. The van der Waals surface area contributed by atoms with E-state index in [1.165, 1.54) is 0 Å². The number of amides is 1. The van der Waals surface area contributed by atoms with Crippen molar-refractivity contribution in [3.63, 3.8) is 0 Å². The van der Waals surface area contributed by atoms with Crippen molar-refractivity contribution in [3.05, 3.63) is 18.0 Å². The lowest BCUT2D eigenvalue weighted by molar-refractivity contribution is -0.141. The fourth-order valence-electron chi connectivity index (χ4n) is 3.50. The summed E-state index contributed by atoms with van der Waals surface area (Å²) >= 11 is 0. The lowest BCUT2D eigenvalue weighted by Gasteiger charge is -2.50. The Bertz CT molecular complexity index is 741. The molecular weight excluding hydrogens is 330 g/mol. The predicted molar refractivity (Wildman–Crippen MR) is 88.3 cm³/mol. The van der Waals surface area contributed by atoms with E-state index in [1.807, 2.05) is 20.8 Å². The summed E-state index contributed by atoms with van der Waals surface area (Å²) in [6.07, 6.45) is 2.17. The molecule has 2 saturated heterocycles. The Hall–Kier alpha value is -1.70. The third-order valence-electron chi connectivity index (χ3n) is 5.01. The second-order valence-corrected chi connectivity index (χ2v) is 9.46. The maximum absolute atomic E-state index is 12.6. The number of carbonyl (C=O) groups is 1. The lowest BCUT2D eigenvalue weighted by Crippen LogP contribution is -2.69. The molecule has 2 aliphatic rings. The topological polar surface area (TPSA) is 89.5 Å². The molecular formula is C16H23N3O4S. The van der Waals surface area contributed by atoms with Crippen LogP contribution in [-0.2, 0) is 14.6 Å². The minimum absolute atomic E-state index is 0.00408. The van der Waals surface area contributed by atoms with Crippen molar-refractivity contribution in [1.29, 1.82) is 0 Å². The van der Waals surface area contributed by atoms with E-state index in [2.05, 4.69) is 9.97 Å². The molecule has 1 spiro atoms. The van der Waals surface area contributed by atoms with Gasteiger partial charge in [0.1, 0.15) is 4.75 Å². The van der Waals surface area contributed by atoms with Gasteiger partial charge in [-0.05, 0) is 19.4 Å². The SMILES string of the molecule is Cc1ccnc(OC[C@H]2CCS(=O)(=O)C23CN(C(=O)C(C)C)C3)n1. The number of aryl methyl sites for hydroxylation is 1. The first-order valence-electron chi connectivity index (χ1n) is 8.19. The molecule has 1 aromatic rings. The van der Waals surface area contributed by atoms with Crippen molar-refractivity contribution in [2.75, 3.05) is 25.4 Å². The Labute approximate surface area is 142 Å². The molecule has 1 atom stereocenters. The highest BCUT2D eigenvalue weighted by Gasteiger charge is 2.62. The van der Waals surface area contributed by atoms with Crippen LogP contribution in [0.3, 0.4) is 0 Å². The Morgan fingerprint density at radius 1 is 1.46 bits per heavy atom. The van der Waals surface area contributed by atoms with Crippen molar-refractivity contribution in [2.24, 2.45) is 11.8 Å². The number of likely N-dealkylation sites (tertiary alicyclic amines) is 1. The molecule has 0 saturated carbocycles. The number of aromatic nitrogens is 2. The number of nitrogens with zero attached hydrogens (tertiary/aromatic N) is 3. The van der Waals surface area contributed by atoms with Crippen LogP contribution in [0.5, 0.6) is 6.01 Å². The second kappa shape index (κ2) is 5.98. The normalized spacial score (nSPS) is 24.2. The molecule has 0 aliphatic carbocycles. The van der Waals surface area contributed by atoms with Crippen molar-refractivity contribution in [1.82, 2.24) is 14.9 Å². The molecule has 2 fully saturated rings. The molecule has 0 aromatic carbocycles. The van der Waals surface area contributed by atoms with Gasteiger partial charge < -0.3 is 9.64 Å². The summed E-state index contributed by atoms with van der Waals surface area (Å²) in [5, 5.41) is 0. The maximum Gasteiger partial charge on any atom is 0.316 e. The van der Waals surface area contributed by atoms with Gasteiger partial charge in [-0.3, -0.25) is 4.79 Å². The largest absolute Gasteiger partial charge is 0.463 e. The second-order valence-electron chi connectivity index (χ2n) is 7.01. The highest BCUT2D eigenvalue weighted by molar-refractivity contribution is 7.93. The number of ether oxygens (including phenoxy) is 1. The summed E-state index contributed by atoms with van der Waals surface area (Å²) in [5.41, 5.74) is 0.797. The lowest BCUT2D eigenvalue weighted by atomic mass is 9.83. The van der Waals surface area contributed by atoms with Gasteiger partial charge in [0.2, 0.25) is 5.91 Å². The Morgan fingerprint density at radius 2 is 2.17 bits per heavy atom. The van der Waals surface area contributed by atoms with Crippen molar-refractivity contribution >= 4 is 15.7 Å². The molecule has 3 rings (SSSR count). The fraction of sp³-hybridized carbons (Fsp3) is 0.688. The monoisotopic (exact) mass is 353 g/mol. The minimum Gasteiger partial charge on any atom is -0.463 e. The Kier molecular flexibility index (Phi) is 4.27. The fourth-order valence-corrected chi connectivity index (χ4v) is 5.90. The van der Waals surface area contributed by atoms with E-state index in [4.69, 9.17) is 4.74 Å². The van der Waals surface area contributed by atoms with Crippen molar-refractivity contribution in [2.45, 2.75) is 31.9 Å². The van der Waals surface area contributed by atoms with E-state index in [0.29, 0.717) is 6.42 Å². The van der Waals surface area contributed by atoms with Crippen LogP contribution in [0, 0.1) is 18.8 Å². The van der Waals surface area contributed by atoms with Crippen LogP contribution in [0.25, 0.3) is 0 Å². The van der Waals surface area contributed by atoms with Gasteiger partial charge in [-0.15, -0.1) is 0 Å². The van der Waals surface area contributed by atoms with Gasteiger partial charge in [0, 0.05) is 36.8 Å². The molecule has 2 aliphatic heterocycles. The van der Waals surface area contributed by atoms with Gasteiger partial charge in [0.25, 0.3) is 0 Å². The first kappa shape index (κ1) is 17.1. The predicted octanol–water partition coefficient (Wildman–Crippen LogP) is 0.836. The highest BCUT2D eigenvalue weighted by Crippen LogP contribution is 2.45. The minimum atomic E-state index is -3.22. The van der Waals surface area contributed by atoms with Gasteiger partial charge in [0.15, 0.2) is 9.84 Å². The number of carbonyl (C=O) groups excluding carboxylic acids is 1. The summed E-state index contributed by atoms with van der Waals surface area (Å²) in [4.78, 5) is 22.0. The van der Waals surface area contributed by atoms with Crippen LogP contribution in [0.1, 0.15) is 26.0 Å². The van der Waals surface area contributed by atoms with Crippen LogP contribution < -0.4 is 4.74 Å². The number of hydrogen-bond acceptors (Lipinski definition) is 6. The molecule has 8 heteroatoms. The van der Waals surface area contributed by atoms with Crippen LogP contribution >= 0.6 is 0 Å². The number of rotatable bonds is 4. The van der Waals surface area contributed by atoms with Crippen molar-refractivity contribution < 1.29 is 17.9 Å². The zero-order valence-electron chi connectivity index (χ0n) is 14.2. The van der Waals surface area contributed by atoms with Gasteiger partial charge in [0.05, 0.1) is 12.4 Å². The van der Waals surface area contributed by atoms with E-state index in [1.54, 1.807) is 17.2 Å². The van der Waals surface area contributed by atoms with E-state index in [0.717, 1.165) is 5.69 Å². The third-order valence-corrected chi connectivity index (χ3v) is 7.61.